The van der Waals surface area contributed by atoms with Gasteiger partial charge in [-0.05, 0) is 66.8 Å². The van der Waals surface area contributed by atoms with Crippen LogP contribution < -0.4 is 10.6 Å². The van der Waals surface area contributed by atoms with Crippen LogP contribution in [0.3, 0.4) is 0 Å². The summed E-state index contributed by atoms with van der Waals surface area (Å²) < 4.78 is 39.8. The molecule has 1 aliphatic heterocycles. The quantitative estimate of drug-likeness (QED) is 0.238. The number of carbonyl (C=O) groups is 3. The van der Waals surface area contributed by atoms with Gasteiger partial charge >= 0.3 is 13.3 Å². The third kappa shape index (κ3) is 6.16. The highest BCUT2D eigenvalue weighted by atomic mass is 31.2. The van der Waals surface area contributed by atoms with Crippen molar-refractivity contribution in [3.63, 3.8) is 0 Å². The highest BCUT2D eigenvalue weighted by Gasteiger charge is 2.50. The van der Waals surface area contributed by atoms with E-state index in [-0.39, 0.29) is 23.0 Å². The molecule has 3 amide bonds. The third-order valence-electron chi connectivity index (χ3n) is 8.49. The number of alkyl halides is 2. The first-order chi connectivity index (χ1) is 20.6. The van der Waals surface area contributed by atoms with E-state index in [1.807, 2.05) is 18.2 Å². The van der Waals surface area contributed by atoms with E-state index >= 15 is 0 Å². The molecule has 3 atom stereocenters. The number of fused-ring (bicyclic) bond motifs is 2. The zero-order chi connectivity index (χ0) is 32.0. The van der Waals surface area contributed by atoms with Crippen molar-refractivity contribution in [3.8, 4) is 0 Å². The molecule has 44 heavy (non-hydrogen) atoms. The summed E-state index contributed by atoms with van der Waals surface area (Å²) in [6, 6.07) is 10.5. The molecule has 1 aromatic heterocycles. The summed E-state index contributed by atoms with van der Waals surface area (Å²) in [4.78, 5) is 63.3. The van der Waals surface area contributed by atoms with Gasteiger partial charge in [0.15, 0.2) is 0 Å². The van der Waals surface area contributed by atoms with Gasteiger partial charge in [0.05, 0.1) is 6.04 Å². The number of aryl methyl sites for hydroxylation is 1. The normalized spacial score (nSPS) is 19.8. The number of nitrogens with one attached hydrogen (secondary N) is 3. The van der Waals surface area contributed by atoms with Gasteiger partial charge in [-0.1, -0.05) is 51.1 Å². The van der Waals surface area contributed by atoms with E-state index in [0.717, 1.165) is 37.0 Å². The molecule has 2 aromatic carbocycles. The molecule has 2 unspecified atom stereocenters. The van der Waals surface area contributed by atoms with Crippen LogP contribution in [-0.4, -0.2) is 56.0 Å². The molecule has 5 N–H and O–H groups in total. The minimum atomic E-state index is -5.77. The summed E-state index contributed by atoms with van der Waals surface area (Å²) in [5.74, 6) is -1.29. The van der Waals surface area contributed by atoms with E-state index in [4.69, 9.17) is 9.79 Å². The smallest absolute Gasteiger partial charge is 0.351 e. The molecule has 0 bridgehead atoms. The van der Waals surface area contributed by atoms with Gasteiger partial charge in [0, 0.05) is 23.0 Å². The number of carbonyl (C=O) groups excluding carboxylic acids is 3. The Labute approximate surface area is 253 Å². The molecule has 0 radical (unpaired) electrons. The molecular formula is C31H37F2N4O6P. The molecule has 1 fully saturated rings. The van der Waals surface area contributed by atoms with Gasteiger partial charge in [0.1, 0.15) is 17.8 Å². The number of likely N-dealkylation sites (tertiary alicyclic amines) is 1. The number of halogens is 2. The van der Waals surface area contributed by atoms with E-state index in [1.165, 1.54) is 22.6 Å². The van der Waals surface area contributed by atoms with Crippen LogP contribution in [0, 0.1) is 5.41 Å². The van der Waals surface area contributed by atoms with Crippen LogP contribution in [0.4, 0.5) is 8.78 Å². The zero-order valence-electron chi connectivity index (χ0n) is 24.8. The zero-order valence-corrected chi connectivity index (χ0v) is 25.7. The summed E-state index contributed by atoms with van der Waals surface area (Å²) in [6.07, 6.45) is 3.86. The van der Waals surface area contributed by atoms with Gasteiger partial charge in [0.25, 0.3) is 5.91 Å². The van der Waals surface area contributed by atoms with Crippen LogP contribution in [0.15, 0.2) is 48.5 Å². The molecule has 5 rings (SSSR count). The molecule has 236 valence electrons. The molecule has 1 aliphatic carbocycles. The van der Waals surface area contributed by atoms with Gasteiger partial charge in [0.2, 0.25) is 11.8 Å². The third-order valence-corrected chi connectivity index (χ3v) is 9.48. The van der Waals surface area contributed by atoms with Crippen LogP contribution in [0.1, 0.15) is 79.7 Å². The minimum Gasteiger partial charge on any atom is -0.351 e. The number of hydrogen-bond donors (Lipinski definition) is 5. The van der Waals surface area contributed by atoms with Crippen molar-refractivity contribution in [2.45, 2.75) is 76.7 Å². The number of amides is 3. The lowest BCUT2D eigenvalue weighted by atomic mass is 9.85. The van der Waals surface area contributed by atoms with Gasteiger partial charge in [-0.15, -0.1) is 0 Å². The van der Waals surface area contributed by atoms with E-state index in [1.54, 1.807) is 20.8 Å². The second-order valence-electron chi connectivity index (χ2n) is 12.7. The van der Waals surface area contributed by atoms with Crippen LogP contribution in [-0.2, 0) is 26.2 Å². The Kier molecular flexibility index (Phi) is 8.48. The lowest BCUT2D eigenvalue weighted by molar-refractivity contribution is -0.142. The Morgan fingerprint density at radius 3 is 2.48 bits per heavy atom. The van der Waals surface area contributed by atoms with E-state index < -0.39 is 48.1 Å². The summed E-state index contributed by atoms with van der Waals surface area (Å²) in [5.41, 5.74) is -3.46. The van der Waals surface area contributed by atoms with Gasteiger partial charge in [-0.25, -0.2) is 0 Å². The summed E-state index contributed by atoms with van der Waals surface area (Å²) in [5, 5.41) is 6.06. The predicted molar refractivity (Wildman–Crippen MR) is 160 cm³/mol. The van der Waals surface area contributed by atoms with Crippen molar-refractivity contribution < 1.29 is 37.5 Å². The lowest BCUT2D eigenvalue weighted by Gasteiger charge is -2.36. The summed E-state index contributed by atoms with van der Waals surface area (Å²) >= 11 is 0. The Morgan fingerprint density at radius 1 is 1.05 bits per heavy atom. The van der Waals surface area contributed by atoms with E-state index in [2.05, 4.69) is 21.7 Å². The molecule has 10 nitrogen and oxygen atoms in total. The fourth-order valence-electron chi connectivity index (χ4n) is 6.11. The van der Waals surface area contributed by atoms with Crippen LogP contribution in [0.25, 0.3) is 10.9 Å². The van der Waals surface area contributed by atoms with E-state index in [0.29, 0.717) is 24.9 Å². The van der Waals surface area contributed by atoms with Gasteiger partial charge < -0.3 is 30.3 Å². The largest absolute Gasteiger partial charge is 0.399 e. The van der Waals surface area contributed by atoms with Crippen molar-refractivity contribution >= 4 is 36.2 Å². The van der Waals surface area contributed by atoms with Crippen LogP contribution in [0.2, 0.25) is 0 Å². The molecule has 2 aliphatic rings. The van der Waals surface area contributed by atoms with Crippen molar-refractivity contribution in [1.29, 1.82) is 0 Å². The topological polar surface area (TPSA) is 152 Å². The minimum absolute atomic E-state index is 0.0228. The molecule has 1 saturated heterocycles. The fraction of sp³-hybridized carbons (Fsp3) is 0.452. The molecule has 13 heteroatoms. The first kappa shape index (κ1) is 31.8. The van der Waals surface area contributed by atoms with Crippen LogP contribution >= 0.6 is 7.60 Å². The number of nitrogens with zero attached hydrogens (tertiary/aromatic N) is 1. The highest BCUT2D eigenvalue weighted by Crippen LogP contribution is 2.59. The van der Waals surface area contributed by atoms with Gasteiger partial charge in [-0.3, -0.25) is 18.9 Å². The maximum absolute atomic E-state index is 14.3. The average molecular weight is 631 g/mol. The summed E-state index contributed by atoms with van der Waals surface area (Å²) in [7, 11) is -5.77. The SMILES string of the molecule is CC(C)(C)C(NC(=O)c1cc2cc(C(F)(F)P(=O)(O)O)ccc2[nH]1)C(=O)N1CCCC1C(=O)N[C@H]1CCCc2ccccc21. The Morgan fingerprint density at radius 2 is 1.77 bits per heavy atom. The lowest BCUT2D eigenvalue weighted by Crippen LogP contribution is -2.57. The molecule has 2 heterocycles. The maximum Gasteiger partial charge on any atom is 0.399 e. The van der Waals surface area contributed by atoms with Crippen molar-refractivity contribution in [2.24, 2.45) is 5.41 Å². The monoisotopic (exact) mass is 630 g/mol. The second kappa shape index (κ2) is 11.7. The van der Waals surface area contributed by atoms with Crippen molar-refractivity contribution in [2.75, 3.05) is 6.54 Å². The fourth-order valence-corrected chi connectivity index (χ4v) is 6.58. The summed E-state index contributed by atoms with van der Waals surface area (Å²) in [6.45, 7) is 5.74. The highest BCUT2D eigenvalue weighted by molar-refractivity contribution is 7.52. The molecule has 3 aromatic rings. The number of aromatic amines is 1. The van der Waals surface area contributed by atoms with Crippen molar-refractivity contribution in [3.05, 3.63) is 70.9 Å². The molecular weight excluding hydrogens is 593 g/mol. The Hall–Kier alpha value is -3.60. The average Bonchev–Trinajstić information content (AvgIpc) is 3.62. The second-order valence-corrected chi connectivity index (χ2v) is 14.3. The number of hydrogen-bond acceptors (Lipinski definition) is 4. The Bertz CT molecular complexity index is 1650. The number of H-pyrrole nitrogens is 1. The van der Waals surface area contributed by atoms with Crippen LogP contribution in [0.5, 0.6) is 0 Å². The standard InChI is InChI=1S/C31H37F2N4O6P/c1-30(2,3)26(36-27(38)24-17-19-16-20(13-14-22(19)34-24)31(32,33)44(41,42)43)29(40)37-15-7-12-25(37)28(39)35-23-11-6-9-18-8-4-5-10-21(18)23/h4-5,8,10,13-14,16-17,23,25-26,34H,6-7,9,11-12,15H2,1-3H3,(H,35,39)(H,36,38)(H2,41,42,43)/t23-,25?,26?/m0/s1. The van der Waals surface area contributed by atoms with Crippen molar-refractivity contribution in [1.82, 2.24) is 20.5 Å². The molecule has 0 spiro atoms. The number of rotatable bonds is 7. The number of aromatic nitrogens is 1. The first-order valence-electron chi connectivity index (χ1n) is 14.6. The van der Waals surface area contributed by atoms with Gasteiger partial charge in [-0.2, -0.15) is 8.78 Å². The maximum atomic E-state index is 14.3. The predicted octanol–water partition coefficient (Wildman–Crippen LogP) is 4.72. The first-order valence-corrected chi connectivity index (χ1v) is 16.3. The van der Waals surface area contributed by atoms with E-state index in [9.17, 15) is 27.7 Å². The Balaban J connectivity index is 1.33. The molecule has 0 saturated carbocycles. The number of benzene rings is 2.